The summed E-state index contributed by atoms with van der Waals surface area (Å²) in [6, 6.07) is 10.8. The Labute approximate surface area is 174 Å². The van der Waals surface area contributed by atoms with E-state index in [-0.39, 0.29) is 23.2 Å². The van der Waals surface area contributed by atoms with E-state index in [1.165, 1.54) is 11.6 Å². The number of nitrogen functional groups attached to an aromatic ring is 1. The summed E-state index contributed by atoms with van der Waals surface area (Å²) >= 11 is 0. The number of carbonyl (C=O) groups excluding carboxylic acids is 1. The highest BCUT2D eigenvalue weighted by molar-refractivity contribution is 5.97. The lowest BCUT2D eigenvalue weighted by atomic mass is 9.92. The Morgan fingerprint density at radius 3 is 2.47 bits per heavy atom. The van der Waals surface area contributed by atoms with Crippen molar-refractivity contribution in [3.63, 3.8) is 0 Å². The Hall–Kier alpha value is -2.90. The van der Waals surface area contributed by atoms with Gasteiger partial charge in [-0.25, -0.2) is 0 Å². The van der Waals surface area contributed by atoms with Crippen molar-refractivity contribution in [3.8, 4) is 5.75 Å². The van der Waals surface area contributed by atoms with Crippen molar-refractivity contribution >= 4 is 23.0 Å². The summed E-state index contributed by atoms with van der Waals surface area (Å²) in [5.41, 5.74) is 8.44. The van der Waals surface area contributed by atoms with Gasteiger partial charge in [0.05, 0.1) is 5.69 Å². The molecule has 0 aliphatic carbocycles. The van der Waals surface area contributed by atoms with E-state index in [1.807, 2.05) is 49.9 Å². The quantitative estimate of drug-likeness (QED) is 0.674. The molecule has 5 nitrogen and oxygen atoms in total. The minimum Gasteiger partial charge on any atom is -0.403 e. The summed E-state index contributed by atoms with van der Waals surface area (Å²) in [5, 5.41) is 2.50. The molecular weight excluding hydrogens is 395 g/mol. The number of anilines is 3. The average molecular weight is 421 g/mol. The minimum atomic E-state index is -4.91. The highest BCUT2D eigenvalue weighted by atomic mass is 19.4. The number of alkyl halides is 3. The van der Waals surface area contributed by atoms with Gasteiger partial charge in [0.2, 0.25) is 5.91 Å². The van der Waals surface area contributed by atoms with Gasteiger partial charge >= 0.3 is 6.36 Å². The van der Waals surface area contributed by atoms with Crippen molar-refractivity contribution in [1.29, 1.82) is 0 Å². The number of nitrogens with zero attached hydrogens (tertiary/aromatic N) is 1. The molecule has 2 aromatic rings. The zero-order chi connectivity index (χ0) is 22.1. The number of benzene rings is 2. The van der Waals surface area contributed by atoms with Crippen LogP contribution in [0.4, 0.5) is 30.2 Å². The zero-order valence-corrected chi connectivity index (χ0v) is 17.3. The van der Waals surface area contributed by atoms with Crippen LogP contribution in [0.25, 0.3) is 0 Å². The van der Waals surface area contributed by atoms with Gasteiger partial charge in [-0.3, -0.25) is 4.79 Å². The van der Waals surface area contributed by atoms with Gasteiger partial charge in [-0.15, -0.1) is 13.2 Å². The predicted molar refractivity (Wildman–Crippen MR) is 111 cm³/mol. The zero-order valence-electron chi connectivity index (χ0n) is 17.3. The van der Waals surface area contributed by atoms with Gasteiger partial charge in [0.15, 0.2) is 5.75 Å². The van der Waals surface area contributed by atoms with Gasteiger partial charge in [0.25, 0.3) is 0 Å². The second-order valence-corrected chi connectivity index (χ2v) is 8.68. The van der Waals surface area contributed by atoms with Crippen molar-refractivity contribution < 1.29 is 22.7 Å². The maximum atomic E-state index is 13.0. The van der Waals surface area contributed by atoms with Gasteiger partial charge in [-0.1, -0.05) is 45.0 Å². The van der Waals surface area contributed by atoms with E-state index in [0.717, 1.165) is 12.0 Å². The smallest absolute Gasteiger partial charge is 0.403 e. The van der Waals surface area contributed by atoms with Crippen LogP contribution in [0.1, 0.15) is 38.3 Å². The van der Waals surface area contributed by atoms with Crippen LogP contribution in [0.2, 0.25) is 0 Å². The molecule has 2 aromatic carbocycles. The van der Waals surface area contributed by atoms with Crippen molar-refractivity contribution in [2.75, 3.05) is 22.5 Å². The van der Waals surface area contributed by atoms with Gasteiger partial charge in [0.1, 0.15) is 5.69 Å². The van der Waals surface area contributed by atoms with Crippen LogP contribution >= 0.6 is 0 Å². The molecule has 8 heteroatoms. The maximum Gasteiger partial charge on any atom is 0.573 e. The lowest BCUT2D eigenvalue weighted by Gasteiger charge is -2.31. The molecule has 3 rings (SSSR count). The number of hydrogen-bond acceptors (Lipinski definition) is 4. The summed E-state index contributed by atoms with van der Waals surface area (Å²) in [4.78, 5) is 14.3. The first kappa shape index (κ1) is 21.8. The molecule has 0 saturated heterocycles. The van der Waals surface area contributed by atoms with Gasteiger partial charge in [0, 0.05) is 31.3 Å². The number of nitrogens with one attached hydrogen (secondary N) is 1. The number of fused-ring (bicyclic) bond motifs is 1. The molecule has 0 unspecified atom stereocenters. The van der Waals surface area contributed by atoms with E-state index in [9.17, 15) is 18.0 Å². The highest BCUT2D eigenvalue weighted by Gasteiger charge is 2.34. The van der Waals surface area contributed by atoms with Crippen LogP contribution in [0.5, 0.6) is 5.75 Å². The van der Waals surface area contributed by atoms with Gasteiger partial charge < -0.3 is 20.7 Å². The maximum absolute atomic E-state index is 13.0. The van der Waals surface area contributed by atoms with Gasteiger partial charge in [-0.05, 0) is 29.0 Å². The van der Waals surface area contributed by atoms with Crippen LogP contribution in [0.15, 0.2) is 36.4 Å². The predicted octanol–water partition coefficient (Wildman–Crippen LogP) is 5.10. The van der Waals surface area contributed by atoms with Crippen molar-refractivity contribution in [1.82, 2.24) is 0 Å². The molecular formula is C22H26F3N3O2. The average Bonchev–Trinajstić information content (AvgIpc) is 2.61. The third kappa shape index (κ3) is 5.58. The Bertz CT molecular complexity index is 936. The molecule has 1 aliphatic rings. The second kappa shape index (κ2) is 8.08. The molecule has 0 bridgehead atoms. The molecule has 0 aromatic heterocycles. The summed E-state index contributed by atoms with van der Waals surface area (Å²) in [7, 11) is 0. The number of nitrogens with two attached hydrogens (primary N) is 1. The Morgan fingerprint density at radius 2 is 1.83 bits per heavy atom. The normalized spacial score (nSPS) is 14.3. The first-order valence-electron chi connectivity index (χ1n) is 9.72. The van der Waals surface area contributed by atoms with Crippen LogP contribution in [-0.4, -0.2) is 18.8 Å². The molecule has 1 amide bonds. The van der Waals surface area contributed by atoms with Crippen LogP contribution in [0.3, 0.4) is 0 Å². The molecule has 0 spiro atoms. The number of halogens is 3. The first-order valence-corrected chi connectivity index (χ1v) is 9.72. The minimum absolute atomic E-state index is 0.0212. The van der Waals surface area contributed by atoms with E-state index in [4.69, 9.17) is 5.73 Å². The molecule has 162 valence electrons. The summed E-state index contributed by atoms with van der Waals surface area (Å²) in [5.74, 6) is -0.945. The van der Waals surface area contributed by atoms with Crippen molar-refractivity contribution in [2.45, 2.75) is 46.5 Å². The third-order valence-electron chi connectivity index (χ3n) is 4.79. The fraction of sp³-hybridized carbons (Fsp3) is 0.409. The monoisotopic (exact) mass is 421 g/mol. The van der Waals surface area contributed by atoms with Crippen LogP contribution in [0, 0.1) is 5.41 Å². The molecule has 1 heterocycles. The van der Waals surface area contributed by atoms with E-state index in [0.29, 0.717) is 18.8 Å². The lowest BCUT2D eigenvalue weighted by molar-refractivity contribution is -0.274. The fourth-order valence-electron chi connectivity index (χ4n) is 3.52. The third-order valence-corrected chi connectivity index (χ3v) is 4.79. The first-order chi connectivity index (χ1) is 13.9. The molecule has 30 heavy (non-hydrogen) atoms. The van der Waals surface area contributed by atoms with E-state index < -0.39 is 18.0 Å². The number of amides is 1. The van der Waals surface area contributed by atoms with E-state index >= 15 is 0 Å². The molecule has 1 aliphatic heterocycles. The molecule has 3 N–H and O–H groups in total. The number of rotatable bonds is 4. The van der Waals surface area contributed by atoms with E-state index in [1.54, 1.807) is 6.07 Å². The Kier molecular flexibility index (Phi) is 5.87. The lowest BCUT2D eigenvalue weighted by Crippen LogP contribution is -2.30. The van der Waals surface area contributed by atoms with Crippen molar-refractivity contribution in [3.05, 3.63) is 47.5 Å². The molecule has 0 saturated carbocycles. The Balaban J connectivity index is 1.92. The standard InChI is InChI=1S/C22H26F3N3O2/c1-21(2,3)12-19(29)27-20-17(26)10-16(11-18(20)30-22(23,24)25)28-9-8-14-6-4-5-7-15(14)13-28/h4-7,10-11H,8-9,12-13,26H2,1-3H3,(H,27,29). The summed E-state index contributed by atoms with van der Waals surface area (Å²) < 4.78 is 43.4. The summed E-state index contributed by atoms with van der Waals surface area (Å²) in [6.07, 6.45) is -4.01. The SMILES string of the molecule is CC(C)(C)CC(=O)Nc1c(N)cc(N2CCc3ccccc3C2)cc1OC(F)(F)F. The molecule has 0 radical (unpaired) electrons. The Morgan fingerprint density at radius 1 is 1.17 bits per heavy atom. The fourth-order valence-corrected chi connectivity index (χ4v) is 3.52. The van der Waals surface area contributed by atoms with Crippen molar-refractivity contribution in [2.24, 2.45) is 5.41 Å². The number of carbonyl (C=O) groups is 1. The molecule has 0 atom stereocenters. The topological polar surface area (TPSA) is 67.6 Å². The highest BCUT2D eigenvalue weighted by Crippen LogP contribution is 2.40. The second-order valence-electron chi connectivity index (χ2n) is 8.68. The van der Waals surface area contributed by atoms with Crippen LogP contribution in [-0.2, 0) is 17.8 Å². The van der Waals surface area contributed by atoms with Crippen LogP contribution < -0.4 is 20.7 Å². The van der Waals surface area contributed by atoms with Gasteiger partial charge in [-0.2, -0.15) is 0 Å². The summed E-state index contributed by atoms with van der Waals surface area (Å²) in [6.45, 7) is 6.77. The number of hydrogen-bond donors (Lipinski definition) is 2. The largest absolute Gasteiger partial charge is 0.573 e. The van der Waals surface area contributed by atoms with E-state index in [2.05, 4.69) is 10.1 Å². The molecule has 0 fully saturated rings. The number of ether oxygens (including phenoxy) is 1.